The Balaban J connectivity index is 1.78. The summed E-state index contributed by atoms with van der Waals surface area (Å²) in [4.78, 5) is 26.3. The van der Waals surface area contributed by atoms with Gasteiger partial charge in [-0.25, -0.2) is 9.78 Å². The number of nitro benzene ring substituents is 1. The highest BCUT2D eigenvalue weighted by molar-refractivity contribution is 7.18. The van der Waals surface area contributed by atoms with Crippen molar-refractivity contribution in [2.45, 2.75) is 6.61 Å². The van der Waals surface area contributed by atoms with Crippen molar-refractivity contribution in [2.24, 2.45) is 0 Å². The molecule has 0 aliphatic rings. The average molecular weight is 359 g/mol. The number of ether oxygens (including phenoxy) is 2. The van der Waals surface area contributed by atoms with Crippen molar-refractivity contribution in [3.63, 3.8) is 0 Å². The van der Waals surface area contributed by atoms with E-state index in [0.29, 0.717) is 5.01 Å². The summed E-state index contributed by atoms with van der Waals surface area (Å²) in [6.45, 7) is 0.115. The number of methoxy groups -OCH3 is 1. The molecule has 0 atom stereocenters. The van der Waals surface area contributed by atoms with Crippen molar-refractivity contribution >= 4 is 39.0 Å². The molecular formula is C16H13N3O5S. The van der Waals surface area contributed by atoms with E-state index in [1.807, 2.05) is 24.3 Å². The number of anilines is 1. The number of rotatable bonds is 5. The van der Waals surface area contributed by atoms with Crippen LogP contribution in [0, 0.1) is 10.1 Å². The maximum Gasteiger partial charge on any atom is 0.411 e. The van der Waals surface area contributed by atoms with Crippen LogP contribution >= 0.6 is 11.3 Å². The van der Waals surface area contributed by atoms with Crippen molar-refractivity contribution in [3.8, 4) is 5.75 Å². The van der Waals surface area contributed by atoms with Gasteiger partial charge in [0.05, 0.1) is 27.9 Å². The number of nitrogens with zero attached hydrogens (tertiary/aromatic N) is 2. The molecule has 0 saturated heterocycles. The van der Waals surface area contributed by atoms with Crippen LogP contribution in [-0.4, -0.2) is 23.1 Å². The number of amides is 1. The van der Waals surface area contributed by atoms with Crippen molar-refractivity contribution < 1.29 is 19.2 Å². The molecule has 0 spiro atoms. The first kappa shape index (κ1) is 16.7. The molecule has 1 aromatic heterocycles. The maximum atomic E-state index is 11.3. The summed E-state index contributed by atoms with van der Waals surface area (Å²) in [5.74, 6) is 0.0969. The lowest BCUT2D eigenvalue weighted by Crippen LogP contribution is -2.11. The second-order valence-corrected chi connectivity index (χ2v) is 6.04. The third-order valence-corrected chi connectivity index (χ3v) is 4.29. The fraction of sp³-hybridized carbons (Fsp3) is 0.125. The lowest BCUT2D eigenvalue weighted by Gasteiger charge is -2.07. The molecule has 0 fully saturated rings. The summed E-state index contributed by atoms with van der Waals surface area (Å²) in [7, 11) is 1.21. The number of hydrogen-bond donors (Lipinski definition) is 1. The summed E-state index contributed by atoms with van der Waals surface area (Å²) >= 11 is 1.47. The smallest absolute Gasteiger partial charge is 0.411 e. The van der Waals surface area contributed by atoms with Crippen LogP contribution in [0.4, 0.5) is 16.2 Å². The van der Waals surface area contributed by atoms with E-state index in [-0.39, 0.29) is 23.7 Å². The Kier molecular flexibility index (Phi) is 4.75. The summed E-state index contributed by atoms with van der Waals surface area (Å²) < 4.78 is 11.0. The Labute approximate surface area is 146 Å². The van der Waals surface area contributed by atoms with E-state index in [2.05, 4.69) is 15.0 Å². The van der Waals surface area contributed by atoms with E-state index in [9.17, 15) is 14.9 Å². The van der Waals surface area contributed by atoms with Gasteiger partial charge in [-0.3, -0.25) is 15.4 Å². The third kappa shape index (κ3) is 3.83. The summed E-state index contributed by atoms with van der Waals surface area (Å²) in [5, 5.41) is 14.3. The molecule has 3 aromatic rings. The Morgan fingerprint density at radius 3 is 2.84 bits per heavy atom. The van der Waals surface area contributed by atoms with Crippen LogP contribution in [-0.2, 0) is 11.3 Å². The van der Waals surface area contributed by atoms with E-state index in [1.165, 1.54) is 36.6 Å². The van der Waals surface area contributed by atoms with Gasteiger partial charge >= 0.3 is 11.8 Å². The van der Waals surface area contributed by atoms with Crippen LogP contribution in [0.1, 0.15) is 5.01 Å². The topological polar surface area (TPSA) is 104 Å². The second kappa shape index (κ2) is 7.14. The molecule has 1 heterocycles. The summed E-state index contributed by atoms with van der Waals surface area (Å²) in [6.07, 6.45) is -0.711. The zero-order valence-corrected chi connectivity index (χ0v) is 13.9. The molecule has 0 bridgehead atoms. The lowest BCUT2D eigenvalue weighted by atomic mass is 10.2. The second-order valence-electron chi connectivity index (χ2n) is 4.92. The van der Waals surface area contributed by atoms with Gasteiger partial charge in [0, 0.05) is 6.07 Å². The molecular weight excluding hydrogens is 346 g/mol. The van der Waals surface area contributed by atoms with Gasteiger partial charge in [-0.05, 0) is 24.3 Å². The highest BCUT2D eigenvalue weighted by Gasteiger charge is 2.18. The molecule has 128 valence electrons. The van der Waals surface area contributed by atoms with E-state index >= 15 is 0 Å². The van der Waals surface area contributed by atoms with Crippen molar-refractivity contribution in [2.75, 3.05) is 12.4 Å². The number of carbonyl (C=O) groups excluding carboxylic acids is 1. The highest BCUT2D eigenvalue weighted by Crippen LogP contribution is 2.31. The minimum absolute atomic E-state index is 0.0969. The fourth-order valence-electron chi connectivity index (χ4n) is 2.15. The molecule has 0 aliphatic heterocycles. The zero-order valence-electron chi connectivity index (χ0n) is 13.1. The van der Waals surface area contributed by atoms with Gasteiger partial charge in [0.15, 0.2) is 5.75 Å². The van der Waals surface area contributed by atoms with Gasteiger partial charge in [-0.15, -0.1) is 11.3 Å². The first-order valence-corrected chi connectivity index (χ1v) is 7.99. The number of hydrogen-bond acceptors (Lipinski definition) is 7. The van der Waals surface area contributed by atoms with Crippen LogP contribution in [0.15, 0.2) is 42.5 Å². The monoisotopic (exact) mass is 359 g/mol. The SMILES string of the molecule is COC(=O)Nc1ccc(OCc2nc3ccccc3s2)c([N+](=O)[O-])c1. The minimum Gasteiger partial charge on any atom is -0.479 e. The largest absolute Gasteiger partial charge is 0.479 e. The standard InChI is InChI=1S/C16H13N3O5S/c1-23-16(20)17-10-6-7-13(12(8-10)19(21)22)24-9-15-18-11-4-2-3-5-14(11)25-15/h2-8H,9H2,1H3,(H,17,20). The Morgan fingerprint density at radius 2 is 2.12 bits per heavy atom. The van der Waals surface area contributed by atoms with Gasteiger partial charge in [0.1, 0.15) is 11.6 Å². The molecule has 0 saturated carbocycles. The maximum absolute atomic E-state index is 11.3. The van der Waals surface area contributed by atoms with Crippen molar-refractivity contribution in [1.82, 2.24) is 4.98 Å². The summed E-state index contributed by atoms with van der Waals surface area (Å²) in [5.41, 5.74) is 0.846. The molecule has 25 heavy (non-hydrogen) atoms. The van der Waals surface area contributed by atoms with E-state index in [1.54, 1.807) is 0 Å². The minimum atomic E-state index is -0.711. The number of benzene rings is 2. The van der Waals surface area contributed by atoms with Crippen LogP contribution in [0.5, 0.6) is 5.75 Å². The Bertz CT molecular complexity index is 907. The predicted octanol–water partition coefficient (Wildman–Crippen LogP) is 3.96. The molecule has 2 aromatic carbocycles. The molecule has 1 N–H and O–H groups in total. The van der Waals surface area contributed by atoms with Gasteiger partial charge in [0.25, 0.3) is 0 Å². The number of aromatic nitrogens is 1. The van der Waals surface area contributed by atoms with Gasteiger partial charge in [0.2, 0.25) is 0 Å². The summed E-state index contributed by atoms with van der Waals surface area (Å²) in [6, 6.07) is 11.8. The first-order valence-electron chi connectivity index (χ1n) is 7.17. The van der Waals surface area contributed by atoms with Gasteiger partial charge < -0.3 is 9.47 Å². The number of carbonyl (C=O) groups is 1. The molecule has 0 unspecified atom stereocenters. The number of nitro groups is 1. The third-order valence-electron chi connectivity index (χ3n) is 3.28. The molecule has 1 amide bonds. The van der Waals surface area contributed by atoms with Crippen LogP contribution in [0.2, 0.25) is 0 Å². The highest BCUT2D eigenvalue weighted by atomic mass is 32.1. The van der Waals surface area contributed by atoms with Crippen LogP contribution in [0.25, 0.3) is 10.2 Å². The van der Waals surface area contributed by atoms with E-state index in [0.717, 1.165) is 10.2 Å². The zero-order chi connectivity index (χ0) is 17.8. The molecule has 8 nitrogen and oxygen atoms in total. The average Bonchev–Trinajstić information content (AvgIpc) is 3.03. The number of fused-ring (bicyclic) bond motifs is 1. The Morgan fingerprint density at radius 1 is 1.32 bits per heavy atom. The molecule has 0 aliphatic carbocycles. The van der Waals surface area contributed by atoms with E-state index in [4.69, 9.17) is 4.74 Å². The number of para-hydroxylation sites is 1. The predicted molar refractivity (Wildman–Crippen MR) is 93.1 cm³/mol. The quantitative estimate of drug-likeness (QED) is 0.546. The fourth-order valence-corrected chi connectivity index (χ4v) is 3.03. The van der Waals surface area contributed by atoms with Gasteiger partial charge in [-0.1, -0.05) is 12.1 Å². The van der Waals surface area contributed by atoms with E-state index < -0.39 is 11.0 Å². The molecule has 9 heteroatoms. The Hall–Kier alpha value is -3.20. The number of nitrogens with one attached hydrogen (secondary N) is 1. The van der Waals surface area contributed by atoms with Crippen molar-refractivity contribution in [1.29, 1.82) is 0 Å². The molecule has 0 radical (unpaired) electrons. The number of thiazole rings is 1. The van der Waals surface area contributed by atoms with Gasteiger partial charge in [-0.2, -0.15) is 0 Å². The van der Waals surface area contributed by atoms with Crippen molar-refractivity contribution in [3.05, 3.63) is 57.6 Å². The lowest BCUT2D eigenvalue weighted by molar-refractivity contribution is -0.385. The van der Waals surface area contributed by atoms with Crippen LogP contribution < -0.4 is 10.1 Å². The normalized spacial score (nSPS) is 10.4. The molecule has 3 rings (SSSR count). The van der Waals surface area contributed by atoms with Crippen LogP contribution in [0.3, 0.4) is 0 Å². The first-order chi connectivity index (χ1) is 12.1.